The van der Waals surface area contributed by atoms with E-state index in [0.29, 0.717) is 12.2 Å². The van der Waals surface area contributed by atoms with Gasteiger partial charge in [0.25, 0.3) is 0 Å². The van der Waals surface area contributed by atoms with Gasteiger partial charge in [-0.1, -0.05) is 6.92 Å². The molecule has 0 aliphatic carbocycles. The van der Waals surface area contributed by atoms with Crippen LogP contribution in [0.1, 0.15) is 19.2 Å². The molecule has 0 fully saturated rings. The summed E-state index contributed by atoms with van der Waals surface area (Å²) in [6, 6.07) is 0. The molecule has 0 aromatic carbocycles. The number of alkyl halides is 3. The molecule has 0 spiro atoms. The quantitative estimate of drug-likeness (QED) is 0.870. The van der Waals surface area contributed by atoms with Gasteiger partial charge in [-0.3, -0.25) is 4.79 Å². The smallest absolute Gasteiger partial charge is 0.403 e. The van der Waals surface area contributed by atoms with Crippen LogP contribution in [0.15, 0.2) is 12.4 Å². The average molecular weight is 250 g/mol. The molecule has 0 saturated heterocycles. The first-order valence-electron chi connectivity index (χ1n) is 5.15. The Balaban J connectivity index is 2.87. The summed E-state index contributed by atoms with van der Waals surface area (Å²) in [5.41, 5.74) is 0. The minimum absolute atomic E-state index is 0.475. The van der Waals surface area contributed by atoms with Gasteiger partial charge in [-0.05, 0) is 6.42 Å². The Morgan fingerprint density at radius 2 is 2.24 bits per heavy atom. The van der Waals surface area contributed by atoms with E-state index in [9.17, 15) is 18.0 Å². The van der Waals surface area contributed by atoms with Gasteiger partial charge in [-0.2, -0.15) is 13.2 Å². The zero-order valence-electron chi connectivity index (χ0n) is 9.24. The molecule has 0 aliphatic heterocycles. The van der Waals surface area contributed by atoms with Crippen molar-refractivity contribution in [2.24, 2.45) is 5.92 Å². The van der Waals surface area contributed by atoms with Gasteiger partial charge in [0, 0.05) is 25.4 Å². The Hall–Kier alpha value is -1.53. The molecule has 4 nitrogen and oxygen atoms in total. The highest BCUT2D eigenvalue weighted by Gasteiger charge is 2.45. The van der Waals surface area contributed by atoms with Crippen molar-refractivity contribution in [3.63, 3.8) is 0 Å². The van der Waals surface area contributed by atoms with Crippen LogP contribution < -0.4 is 0 Å². The SMILES string of the molecule is CCCc1nccn1CC(C(=O)O)C(F)(F)F. The molecule has 0 bridgehead atoms. The monoisotopic (exact) mass is 250 g/mol. The highest BCUT2D eigenvalue weighted by molar-refractivity contribution is 5.70. The van der Waals surface area contributed by atoms with E-state index in [1.165, 1.54) is 17.0 Å². The standard InChI is InChI=1S/C10H13F3N2O2/c1-2-3-8-14-4-5-15(8)6-7(9(16)17)10(11,12)13/h4-5,7H,2-3,6H2,1H3,(H,16,17). The highest BCUT2D eigenvalue weighted by atomic mass is 19.4. The predicted molar refractivity (Wildman–Crippen MR) is 53.4 cm³/mol. The molecule has 0 amide bonds. The number of aryl methyl sites for hydroxylation is 1. The third-order valence-electron chi connectivity index (χ3n) is 2.35. The predicted octanol–water partition coefficient (Wildman–Crippen LogP) is 2.10. The van der Waals surface area contributed by atoms with Crippen LogP contribution in [0.5, 0.6) is 0 Å². The fraction of sp³-hybridized carbons (Fsp3) is 0.600. The van der Waals surface area contributed by atoms with Crippen LogP contribution in [0.4, 0.5) is 13.2 Å². The summed E-state index contributed by atoms with van der Waals surface area (Å²) in [5, 5.41) is 8.57. The third-order valence-corrected chi connectivity index (χ3v) is 2.35. The number of aromatic nitrogens is 2. The lowest BCUT2D eigenvalue weighted by molar-refractivity contribution is -0.196. The first kappa shape index (κ1) is 13.5. The van der Waals surface area contributed by atoms with Crippen LogP contribution in [0.2, 0.25) is 0 Å². The lowest BCUT2D eigenvalue weighted by Crippen LogP contribution is -2.34. The van der Waals surface area contributed by atoms with Crippen LogP contribution in [-0.4, -0.2) is 26.8 Å². The van der Waals surface area contributed by atoms with Gasteiger partial charge in [0.1, 0.15) is 5.82 Å². The summed E-state index contributed by atoms with van der Waals surface area (Å²) in [6.07, 6.45) is -0.746. The fourth-order valence-corrected chi connectivity index (χ4v) is 1.48. The van der Waals surface area contributed by atoms with Crippen molar-refractivity contribution in [1.82, 2.24) is 9.55 Å². The Labute approximate surface area is 96.1 Å². The number of nitrogens with zero attached hydrogens (tertiary/aromatic N) is 2. The Kier molecular flexibility index (Phi) is 4.14. The Bertz CT molecular complexity index is 387. The van der Waals surface area contributed by atoms with Gasteiger partial charge < -0.3 is 9.67 Å². The summed E-state index contributed by atoms with van der Waals surface area (Å²) >= 11 is 0. The van der Waals surface area contributed by atoms with Crippen molar-refractivity contribution in [2.75, 3.05) is 0 Å². The van der Waals surface area contributed by atoms with E-state index in [2.05, 4.69) is 4.98 Å². The molecule has 1 aromatic rings. The van der Waals surface area contributed by atoms with Crippen LogP contribution >= 0.6 is 0 Å². The van der Waals surface area contributed by atoms with Gasteiger partial charge in [0.15, 0.2) is 5.92 Å². The van der Waals surface area contributed by atoms with Crippen molar-refractivity contribution in [3.05, 3.63) is 18.2 Å². The van der Waals surface area contributed by atoms with E-state index >= 15 is 0 Å². The molecule has 0 saturated carbocycles. The van der Waals surface area contributed by atoms with E-state index in [-0.39, 0.29) is 0 Å². The largest absolute Gasteiger partial charge is 0.481 e. The molecule has 0 radical (unpaired) electrons. The number of carboxylic acids is 1. The minimum Gasteiger partial charge on any atom is -0.481 e. The molecular formula is C10H13F3N2O2. The van der Waals surface area contributed by atoms with Crippen molar-refractivity contribution in [1.29, 1.82) is 0 Å². The molecule has 1 atom stereocenters. The number of imidazole rings is 1. The van der Waals surface area contributed by atoms with Gasteiger partial charge in [-0.15, -0.1) is 0 Å². The molecule has 96 valence electrons. The van der Waals surface area contributed by atoms with Gasteiger partial charge >= 0.3 is 12.1 Å². The van der Waals surface area contributed by atoms with E-state index in [4.69, 9.17) is 5.11 Å². The molecule has 1 heterocycles. The summed E-state index contributed by atoms with van der Waals surface area (Å²) in [5.74, 6) is -3.79. The Morgan fingerprint density at radius 3 is 2.71 bits per heavy atom. The molecule has 1 N–H and O–H groups in total. The molecule has 17 heavy (non-hydrogen) atoms. The lowest BCUT2D eigenvalue weighted by atomic mass is 10.1. The van der Waals surface area contributed by atoms with Gasteiger partial charge in [-0.25, -0.2) is 4.98 Å². The van der Waals surface area contributed by atoms with E-state index in [1.54, 1.807) is 0 Å². The number of halogens is 3. The Morgan fingerprint density at radius 1 is 1.59 bits per heavy atom. The fourth-order valence-electron chi connectivity index (χ4n) is 1.48. The number of hydrogen-bond donors (Lipinski definition) is 1. The van der Waals surface area contributed by atoms with Gasteiger partial charge in [0.05, 0.1) is 0 Å². The normalized spacial score (nSPS) is 13.6. The maximum absolute atomic E-state index is 12.5. The maximum Gasteiger partial charge on any atom is 0.403 e. The molecular weight excluding hydrogens is 237 g/mol. The van der Waals surface area contributed by atoms with Crippen molar-refractivity contribution < 1.29 is 23.1 Å². The second-order valence-electron chi connectivity index (χ2n) is 3.68. The zero-order valence-corrected chi connectivity index (χ0v) is 9.24. The first-order valence-corrected chi connectivity index (χ1v) is 5.15. The number of carboxylic acid groups (broad SMARTS) is 1. The molecule has 7 heteroatoms. The molecule has 1 aromatic heterocycles. The second kappa shape index (κ2) is 5.20. The number of hydrogen-bond acceptors (Lipinski definition) is 2. The second-order valence-corrected chi connectivity index (χ2v) is 3.68. The van der Waals surface area contributed by atoms with Crippen molar-refractivity contribution in [3.8, 4) is 0 Å². The van der Waals surface area contributed by atoms with Crippen LogP contribution in [-0.2, 0) is 17.8 Å². The highest BCUT2D eigenvalue weighted by Crippen LogP contribution is 2.28. The molecule has 0 aliphatic rings. The first-order chi connectivity index (χ1) is 7.86. The van der Waals surface area contributed by atoms with E-state index in [0.717, 1.165) is 6.42 Å². The summed E-state index contributed by atoms with van der Waals surface area (Å²) < 4.78 is 38.6. The van der Waals surface area contributed by atoms with Crippen LogP contribution in [0, 0.1) is 5.92 Å². The van der Waals surface area contributed by atoms with E-state index in [1.807, 2.05) is 6.92 Å². The molecule has 1 rings (SSSR count). The zero-order chi connectivity index (χ0) is 13.1. The van der Waals surface area contributed by atoms with Gasteiger partial charge in [0.2, 0.25) is 0 Å². The summed E-state index contributed by atoms with van der Waals surface area (Å²) in [7, 11) is 0. The number of aliphatic carboxylic acids is 1. The lowest BCUT2D eigenvalue weighted by Gasteiger charge is -2.17. The van der Waals surface area contributed by atoms with Crippen molar-refractivity contribution >= 4 is 5.97 Å². The third kappa shape index (κ3) is 3.47. The topological polar surface area (TPSA) is 55.1 Å². The van der Waals surface area contributed by atoms with Crippen molar-refractivity contribution in [2.45, 2.75) is 32.5 Å². The molecule has 1 unspecified atom stereocenters. The maximum atomic E-state index is 12.5. The average Bonchev–Trinajstić information content (AvgIpc) is 2.60. The minimum atomic E-state index is -4.75. The van der Waals surface area contributed by atoms with Crippen LogP contribution in [0.25, 0.3) is 0 Å². The summed E-state index contributed by atoms with van der Waals surface area (Å²) in [6.45, 7) is 1.24. The number of carbonyl (C=O) groups is 1. The van der Waals surface area contributed by atoms with E-state index < -0.39 is 24.6 Å². The summed E-state index contributed by atoms with van der Waals surface area (Å²) in [4.78, 5) is 14.5. The number of rotatable bonds is 5. The van der Waals surface area contributed by atoms with Crippen LogP contribution in [0.3, 0.4) is 0 Å².